The third-order valence-electron chi connectivity index (χ3n) is 3.77. The Hall–Kier alpha value is -0.570. The maximum absolute atomic E-state index is 5.39. The molecule has 84 valence electrons. The van der Waals surface area contributed by atoms with Gasteiger partial charge < -0.3 is 9.55 Å². The summed E-state index contributed by atoms with van der Waals surface area (Å²) < 4.78 is 3.24. The van der Waals surface area contributed by atoms with Crippen molar-refractivity contribution in [3.8, 4) is 0 Å². The van der Waals surface area contributed by atoms with Gasteiger partial charge in [0.05, 0.1) is 0 Å². The molecule has 0 aliphatic heterocycles. The highest BCUT2D eigenvalue weighted by Crippen LogP contribution is 2.46. The lowest BCUT2D eigenvalue weighted by Crippen LogP contribution is -2.23. The molecule has 1 aliphatic carbocycles. The van der Waals surface area contributed by atoms with Gasteiger partial charge in [-0.15, -0.1) is 0 Å². The second-order valence-electron chi connectivity index (χ2n) is 5.21. The molecule has 0 bridgehead atoms. The predicted octanol–water partition coefficient (Wildman–Crippen LogP) is 3.86. The largest absolute Gasteiger partial charge is 0.337 e. The molecule has 1 heterocycles. The van der Waals surface area contributed by atoms with Crippen LogP contribution in [-0.4, -0.2) is 9.55 Å². The molecule has 15 heavy (non-hydrogen) atoms. The molecule has 1 aromatic rings. The number of nitrogens with one attached hydrogen (secondary N) is 1. The Morgan fingerprint density at radius 3 is 2.87 bits per heavy atom. The van der Waals surface area contributed by atoms with Crippen molar-refractivity contribution >= 4 is 12.2 Å². The zero-order valence-corrected chi connectivity index (χ0v) is 10.7. The summed E-state index contributed by atoms with van der Waals surface area (Å²) in [5.74, 6) is 0. The van der Waals surface area contributed by atoms with Gasteiger partial charge in [0, 0.05) is 17.9 Å². The average Bonchev–Trinajstić information content (AvgIpc) is 2.68. The highest BCUT2D eigenvalue weighted by Gasteiger charge is 2.36. The maximum Gasteiger partial charge on any atom is 0.177 e. The molecule has 0 spiro atoms. The Morgan fingerprint density at radius 2 is 2.33 bits per heavy atom. The molecule has 1 N–H and O–H groups in total. The Morgan fingerprint density at radius 1 is 1.60 bits per heavy atom. The molecule has 2 rings (SSSR count). The topological polar surface area (TPSA) is 20.7 Å². The van der Waals surface area contributed by atoms with E-state index in [-0.39, 0.29) is 0 Å². The Labute approximate surface area is 96.7 Å². The third-order valence-corrected chi connectivity index (χ3v) is 4.08. The second kappa shape index (κ2) is 3.78. The summed E-state index contributed by atoms with van der Waals surface area (Å²) in [5.41, 5.74) is 1.74. The summed E-state index contributed by atoms with van der Waals surface area (Å²) in [6.07, 6.45) is 7.03. The minimum absolute atomic E-state index is 0.393. The van der Waals surface area contributed by atoms with Gasteiger partial charge in [0.1, 0.15) is 0 Å². The molecule has 3 heteroatoms. The highest BCUT2D eigenvalue weighted by molar-refractivity contribution is 7.71. The van der Waals surface area contributed by atoms with Crippen LogP contribution in [0, 0.1) is 10.2 Å². The molecule has 0 radical (unpaired) electrons. The lowest BCUT2D eigenvalue weighted by molar-refractivity contribution is 0.255. The van der Waals surface area contributed by atoms with Gasteiger partial charge in [0.2, 0.25) is 0 Å². The fourth-order valence-electron chi connectivity index (χ4n) is 2.82. The highest BCUT2D eigenvalue weighted by atomic mass is 32.1. The number of imidazole rings is 1. The number of aryl methyl sites for hydroxylation is 1. The lowest BCUT2D eigenvalue weighted by atomic mass is 9.87. The molecule has 0 saturated heterocycles. The molecular weight excluding hydrogens is 204 g/mol. The van der Waals surface area contributed by atoms with E-state index in [1.165, 1.54) is 25.0 Å². The normalized spacial score (nSPS) is 24.6. The number of rotatable bonds is 2. The number of hydrogen-bond acceptors (Lipinski definition) is 1. The van der Waals surface area contributed by atoms with Gasteiger partial charge in [-0.1, -0.05) is 27.2 Å². The van der Waals surface area contributed by atoms with E-state index >= 15 is 0 Å². The fraction of sp³-hybridized carbons (Fsp3) is 0.750. The first-order valence-corrected chi connectivity index (χ1v) is 6.26. The van der Waals surface area contributed by atoms with Crippen LogP contribution in [0.25, 0.3) is 0 Å². The van der Waals surface area contributed by atoms with Gasteiger partial charge in [-0.25, -0.2) is 0 Å². The van der Waals surface area contributed by atoms with E-state index in [0.717, 1.165) is 11.2 Å². The molecule has 1 aliphatic rings. The van der Waals surface area contributed by atoms with Crippen molar-refractivity contribution in [3.05, 3.63) is 16.7 Å². The molecule has 2 nitrogen and oxygen atoms in total. The maximum atomic E-state index is 5.39. The van der Waals surface area contributed by atoms with Crippen molar-refractivity contribution in [1.29, 1.82) is 0 Å². The fourth-order valence-corrected chi connectivity index (χ4v) is 3.12. The van der Waals surface area contributed by atoms with Crippen LogP contribution < -0.4 is 0 Å². The predicted molar refractivity (Wildman–Crippen MR) is 65.7 cm³/mol. The van der Waals surface area contributed by atoms with Gasteiger partial charge in [-0.3, -0.25) is 0 Å². The number of hydrogen-bond donors (Lipinski definition) is 1. The standard InChI is InChI=1S/C12H20N2S/c1-4-9-8-13-11(15)14(9)10-6-5-7-12(10,2)3/h8,10H,4-7H2,1-3H3,(H,13,15). The second-order valence-corrected chi connectivity index (χ2v) is 5.59. The van der Waals surface area contributed by atoms with Crippen LogP contribution in [0.1, 0.15) is 51.8 Å². The van der Waals surface area contributed by atoms with Crippen LogP contribution in [0.2, 0.25) is 0 Å². The van der Waals surface area contributed by atoms with E-state index in [1.54, 1.807) is 0 Å². The van der Waals surface area contributed by atoms with Gasteiger partial charge in [-0.2, -0.15) is 0 Å². The first kappa shape index (κ1) is 10.9. The Balaban J connectivity index is 2.44. The van der Waals surface area contributed by atoms with Crippen molar-refractivity contribution in [2.75, 3.05) is 0 Å². The van der Waals surface area contributed by atoms with Crippen LogP contribution in [0.4, 0.5) is 0 Å². The SMILES string of the molecule is CCc1c[nH]c(=S)n1C1CCCC1(C)C. The van der Waals surface area contributed by atoms with Crippen LogP contribution in [-0.2, 0) is 6.42 Å². The van der Waals surface area contributed by atoms with Crippen molar-refractivity contribution in [2.45, 2.75) is 52.5 Å². The molecule has 1 fully saturated rings. The molecule has 1 unspecified atom stereocenters. The van der Waals surface area contributed by atoms with E-state index in [9.17, 15) is 0 Å². The van der Waals surface area contributed by atoms with Gasteiger partial charge in [0.25, 0.3) is 0 Å². The molecular formula is C12H20N2S. The molecule has 1 aromatic heterocycles. The van der Waals surface area contributed by atoms with Crippen molar-refractivity contribution in [1.82, 2.24) is 9.55 Å². The summed E-state index contributed by atoms with van der Waals surface area (Å²) in [6.45, 7) is 6.91. The number of H-pyrrole nitrogens is 1. The summed E-state index contributed by atoms with van der Waals surface area (Å²) in [5, 5.41) is 0. The lowest BCUT2D eigenvalue weighted by Gasteiger charge is -2.29. The van der Waals surface area contributed by atoms with Crippen molar-refractivity contribution in [3.63, 3.8) is 0 Å². The van der Waals surface area contributed by atoms with E-state index < -0.39 is 0 Å². The average molecular weight is 224 g/mol. The van der Waals surface area contributed by atoms with Crippen LogP contribution in [0.3, 0.4) is 0 Å². The van der Waals surface area contributed by atoms with E-state index in [1.807, 2.05) is 0 Å². The third kappa shape index (κ3) is 1.78. The minimum atomic E-state index is 0.393. The number of aromatic amines is 1. The van der Waals surface area contributed by atoms with Gasteiger partial charge >= 0.3 is 0 Å². The summed E-state index contributed by atoms with van der Waals surface area (Å²) in [6, 6.07) is 0.589. The first-order valence-electron chi connectivity index (χ1n) is 5.85. The van der Waals surface area contributed by atoms with Crippen LogP contribution >= 0.6 is 12.2 Å². The van der Waals surface area contributed by atoms with Gasteiger partial charge in [0.15, 0.2) is 4.77 Å². The van der Waals surface area contributed by atoms with Crippen LogP contribution in [0.15, 0.2) is 6.20 Å². The summed E-state index contributed by atoms with van der Waals surface area (Å²) in [7, 11) is 0. The molecule has 1 atom stereocenters. The monoisotopic (exact) mass is 224 g/mol. The van der Waals surface area contributed by atoms with E-state index in [4.69, 9.17) is 12.2 Å². The van der Waals surface area contributed by atoms with Crippen LogP contribution in [0.5, 0.6) is 0 Å². The zero-order chi connectivity index (χ0) is 11.1. The van der Waals surface area contributed by atoms with E-state index in [2.05, 4.69) is 36.5 Å². The van der Waals surface area contributed by atoms with Crippen molar-refractivity contribution < 1.29 is 0 Å². The van der Waals surface area contributed by atoms with Crippen molar-refractivity contribution in [2.24, 2.45) is 5.41 Å². The minimum Gasteiger partial charge on any atom is -0.337 e. The first-order chi connectivity index (χ1) is 7.06. The van der Waals surface area contributed by atoms with E-state index in [0.29, 0.717) is 11.5 Å². The summed E-state index contributed by atoms with van der Waals surface area (Å²) in [4.78, 5) is 3.18. The number of nitrogens with zero attached hydrogens (tertiary/aromatic N) is 1. The Kier molecular flexibility index (Phi) is 2.75. The molecule has 0 aromatic carbocycles. The molecule has 0 amide bonds. The number of aromatic nitrogens is 2. The smallest absolute Gasteiger partial charge is 0.177 e. The zero-order valence-electron chi connectivity index (χ0n) is 9.84. The quantitative estimate of drug-likeness (QED) is 0.757. The molecule has 1 saturated carbocycles. The summed E-state index contributed by atoms with van der Waals surface area (Å²) >= 11 is 5.39. The Bertz CT molecular complexity index is 400. The van der Waals surface area contributed by atoms with Gasteiger partial charge in [-0.05, 0) is 36.9 Å².